The number of hydrogen-bond acceptors (Lipinski definition) is 10. The van der Waals surface area contributed by atoms with Gasteiger partial charge in [-0.1, -0.05) is 37.1 Å². The Labute approximate surface area is 273 Å². The Morgan fingerprint density at radius 3 is 2.66 bits per heavy atom. The molecule has 3 aromatic rings. The molecule has 0 bridgehead atoms. The number of fused-ring (bicyclic) bond motifs is 2. The first-order valence-electron chi connectivity index (χ1n) is 16.2. The van der Waals surface area contributed by atoms with Gasteiger partial charge in [0.2, 0.25) is 0 Å². The van der Waals surface area contributed by atoms with Crippen LogP contribution >= 0.6 is 0 Å². The van der Waals surface area contributed by atoms with Crippen molar-refractivity contribution < 1.29 is 34.0 Å². The van der Waals surface area contributed by atoms with E-state index in [1.807, 2.05) is 39.0 Å². The van der Waals surface area contributed by atoms with E-state index in [1.54, 1.807) is 24.3 Å². The molecule has 1 aromatic heterocycles. The molecule has 6 rings (SSSR count). The lowest BCUT2D eigenvalue weighted by atomic mass is 9.79. The van der Waals surface area contributed by atoms with Crippen molar-refractivity contribution in [3.63, 3.8) is 0 Å². The van der Waals surface area contributed by atoms with Crippen LogP contribution in [0.2, 0.25) is 0 Å². The van der Waals surface area contributed by atoms with Crippen molar-refractivity contribution in [1.82, 2.24) is 5.32 Å². The molecular weight excluding hydrogens is 600 g/mol. The Kier molecular flexibility index (Phi) is 8.80. The van der Waals surface area contributed by atoms with Gasteiger partial charge in [-0.25, -0.2) is 4.79 Å². The first-order chi connectivity index (χ1) is 22.5. The van der Waals surface area contributed by atoms with E-state index in [4.69, 9.17) is 19.6 Å². The van der Waals surface area contributed by atoms with Crippen molar-refractivity contribution in [2.24, 2.45) is 11.7 Å². The van der Waals surface area contributed by atoms with Crippen LogP contribution in [0.1, 0.15) is 74.8 Å². The van der Waals surface area contributed by atoms with Gasteiger partial charge in [-0.3, -0.25) is 4.79 Å². The molecule has 1 aliphatic carbocycles. The molecule has 1 saturated carbocycles. The quantitative estimate of drug-likeness (QED) is 0.165. The summed E-state index contributed by atoms with van der Waals surface area (Å²) in [4.78, 5) is 27.1. The number of aliphatic hydroxyl groups is 1. The van der Waals surface area contributed by atoms with Crippen molar-refractivity contribution in [2.45, 2.75) is 83.5 Å². The number of nitrogens with one attached hydrogen (secondary N) is 1. The number of ether oxygens (including phenoxy) is 2. The average Bonchev–Trinajstić information content (AvgIpc) is 3.56. The zero-order valence-corrected chi connectivity index (χ0v) is 27.0. The van der Waals surface area contributed by atoms with Gasteiger partial charge < -0.3 is 40.3 Å². The average molecular weight is 643 g/mol. The SMILES string of the molecule is CC=C(C(=O)OC1Cc2c(c(C(Cc3cccc(O)c3)C3=CCNC(N)=C3)c3oc(CO)cc(=O)c3c2O)OC1(C)C)C1CCCC1. The van der Waals surface area contributed by atoms with Crippen LogP contribution in [0.5, 0.6) is 17.2 Å². The maximum atomic E-state index is 13.6. The Hall–Kier alpha value is -4.70. The van der Waals surface area contributed by atoms with Gasteiger partial charge in [0.15, 0.2) is 5.43 Å². The van der Waals surface area contributed by atoms with Crippen LogP contribution in [0.15, 0.2) is 74.7 Å². The molecule has 6 N–H and O–H groups in total. The van der Waals surface area contributed by atoms with Gasteiger partial charge in [-0.05, 0) is 75.3 Å². The molecule has 0 radical (unpaired) electrons. The molecule has 3 heterocycles. The monoisotopic (exact) mass is 642 g/mol. The molecule has 10 nitrogen and oxygen atoms in total. The second-order valence-corrected chi connectivity index (χ2v) is 13.1. The van der Waals surface area contributed by atoms with E-state index in [-0.39, 0.29) is 40.6 Å². The van der Waals surface area contributed by atoms with Crippen LogP contribution in [-0.2, 0) is 29.0 Å². The van der Waals surface area contributed by atoms with Crippen molar-refractivity contribution in [3.8, 4) is 17.2 Å². The second kappa shape index (κ2) is 12.8. The van der Waals surface area contributed by atoms with Crippen molar-refractivity contribution in [3.05, 3.63) is 98.2 Å². The number of phenolic OH excluding ortho intramolecular Hbond substituents is 2. The van der Waals surface area contributed by atoms with Crippen molar-refractivity contribution in [1.29, 1.82) is 0 Å². The normalized spacial score (nSPS) is 20.1. The Morgan fingerprint density at radius 2 is 1.98 bits per heavy atom. The minimum absolute atomic E-state index is 0.0289. The standard InChI is InChI=1S/C37H42N2O8/c1-4-25(21-9-5-6-10-21)36(44)46-29-18-27-33(43)32-28(42)17-24(19-40)45-35(32)31(34(27)47-37(29,2)3)26(22-12-13-39-30(38)16-22)15-20-8-7-11-23(41)14-20/h4,7-8,11-12,14,16-17,21,26,29,39-41,43H,5-6,9-10,13,15,18-19,38H2,1-3H3. The second-order valence-electron chi connectivity index (χ2n) is 13.1. The van der Waals surface area contributed by atoms with Crippen molar-refractivity contribution >= 4 is 16.9 Å². The van der Waals surface area contributed by atoms with E-state index in [0.717, 1.165) is 42.9 Å². The zero-order valence-electron chi connectivity index (χ0n) is 27.0. The summed E-state index contributed by atoms with van der Waals surface area (Å²) in [6.45, 7) is 5.43. The lowest BCUT2D eigenvalue weighted by molar-refractivity contribution is -0.157. The number of allylic oxidation sites excluding steroid dienone is 3. The number of aliphatic hydroxyl groups excluding tert-OH is 1. The summed E-state index contributed by atoms with van der Waals surface area (Å²) < 4.78 is 19.1. The summed E-state index contributed by atoms with van der Waals surface area (Å²) in [5, 5.41) is 35.1. The van der Waals surface area contributed by atoms with Crippen LogP contribution < -0.4 is 21.2 Å². The van der Waals surface area contributed by atoms with Gasteiger partial charge >= 0.3 is 5.97 Å². The van der Waals surface area contributed by atoms with Crippen LogP contribution in [0.4, 0.5) is 0 Å². The molecule has 0 spiro atoms. The number of carbonyl (C=O) groups is 1. The number of phenols is 2. The summed E-state index contributed by atoms with van der Waals surface area (Å²) in [6.07, 6.45) is 9.28. The fraction of sp³-hybridized carbons (Fsp3) is 0.405. The van der Waals surface area contributed by atoms with E-state index in [9.17, 15) is 24.9 Å². The molecular formula is C37H42N2O8. The maximum Gasteiger partial charge on any atom is 0.334 e. The van der Waals surface area contributed by atoms with Crippen molar-refractivity contribution in [2.75, 3.05) is 6.54 Å². The van der Waals surface area contributed by atoms with Gasteiger partial charge in [0, 0.05) is 41.6 Å². The topological polar surface area (TPSA) is 164 Å². The highest BCUT2D eigenvalue weighted by Crippen LogP contribution is 2.51. The van der Waals surface area contributed by atoms with Gasteiger partial charge in [0.05, 0.1) is 5.82 Å². The number of dihydropyridines is 1. The summed E-state index contributed by atoms with van der Waals surface area (Å²) in [6, 6.07) is 8.05. The Morgan fingerprint density at radius 1 is 1.21 bits per heavy atom. The van der Waals surface area contributed by atoms with Crippen LogP contribution in [-0.4, -0.2) is 39.5 Å². The van der Waals surface area contributed by atoms with Gasteiger partial charge in [0.1, 0.15) is 52.3 Å². The third-order valence-corrected chi connectivity index (χ3v) is 9.63. The Bertz CT molecular complexity index is 1860. The molecule has 3 aliphatic rings. The van der Waals surface area contributed by atoms with Gasteiger partial charge in [0.25, 0.3) is 0 Å². The smallest absolute Gasteiger partial charge is 0.334 e. The number of carbonyl (C=O) groups excluding carboxylic acids is 1. The zero-order chi connectivity index (χ0) is 33.5. The molecule has 0 amide bonds. The minimum atomic E-state index is -1.05. The van der Waals surface area contributed by atoms with Gasteiger partial charge in [-0.2, -0.15) is 0 Å². The highest BCUT2D eigenvalue weighted by molar-refractivity contribution is 5.92. The fourth-order valence-electron chi connectivity index (χ4n) is 7.20. The largest absolute Gasteiger partial charge is 0.508 e. The highest BCUT2D eigenvalue weighted by Gasteiger charge is 2.45. The molecule has 47 heavy (non-hydrogen) atoms. The maximum absolute atomic E-state index is 13.6. The first kappa shape index (κ1) is 32.2. The summed E-state index contributed by atoms with van der Waals surface area (Å²) in [5.74, 6) is -0.210. The van der Waals surface area contributed by atoms with Crippen LogP contribution in [0.3, 0.4) is 0 Å². The summed E-state index contributed by atoms with van der Waals surface area (Å²) in [5.41, 5.74) is 7.79. The number of benzene rings is 2. The first-order valence-corrected chi connectivity index (χ1v) is 16.2. The predicted octanol–water partition coefficient (Wildman–Crippen LogP) is 5.11. The van der Waals surface area contributed by atoms with E-state index < -0.39 is 35.6 Å². The molecule has 10 heteroatoms. The lowest BCUT2D eigenvalue weighted by Gasteiger charge is -2.41. The Balaban J connectivity index is 1.54. The fourth-order valence-corrected chi connectivity index (χ4v) is 7.20. The molecule has 2 atom stereocenters. The number of rotatable bonds is 8. The summed E-state index contributed by atoms with van der Waals surface area (Å²) >= 11 is 0. The highest BCUT2D eigenvalue weighted by atomic mass is 16.6. The van der Waals surface area contributed by atoms with E-state index in [1.165, 1.54) is 0 Å². The minimum Gasteiger partial charge on any atom is -0.508 e. The van der Waals surface area contributed by atoms with Gasteiger partial charge in [-0.15, -0.1) is 0 Å². The molecule has 1 fully saturated rings. The molecule has 2 aliphatic heterocycles. The number of hydrogen-bond donors (Lipinski definition) is 5. The van der Waals surface area contributed by atoms with E-state index >= 15 is 0 Å². The number of aromatic hydroxyl groups is 2. The van der Waals surface area contributed by atoms with Crippen LogP contribution in [0, 0.1) is 5.92 Å². The third kappa shape index (κ3) is 6.22. The lowest BCUT2D eigenvalue weighted by Crippen LogP contribution is -2.49. The molecule has 2 unspecified atom stereocenters. The number of esters is 1. The third-order valence-electron chi connectivity index (χ3n) is 9.63. The molecule has 0 saturated heterocycles. The van der Waals surface area contributed by atoms with E-state index in [2.05, 4.69) is 5.32 Å². The predicted molar refractivity (Wildman–Crippen MR) is 177 cm³/mol. The van der Waals surface area contributed by atoms with E-state index in [0.29, 0.717) is 41.2 Å². The summed E-state index contributed by atoms with van der Waals surface area (Å²) in [7, 11) is 0. The molecule has 2 aromatic carbocycles. The molecule has 248 valence electrons. The van der Waals surface area contributed by atoms with Crippen LogP contribution in [0.25, 0.3) is 11.0 Å². The number of nitrogens with two attached hydrogens (primary N) is 1.